The summed E-state index contributed by atoms with van der Waals surface area (Å²) in [7, 11) is 0. The van der Waals surface area contributed by atoms with Crippen LogP contribution in [0.1, 0.15) is 41.7 Å². The molecule has 3 aromatic rings. The first-order chi connectivity index (χ1) is 12.8. The maximum absolute atomic E-state index is 12.3. The van der Waals surface area contributed by atoms with Crippen molar-refractivity contribution in [3.05, 3.63) is 66.1 Å². The second kappa shape index (κ2) is 7.60. The van der Waals surface area contributed by atoms with Crippen molar-refractivity contribution in [2.75, 3.05) is 6.54 Å². The van der Waals surface area contributed by atoms with Crippen LogP contribution in [-0.2, 0) is 6.42 Å². The van der Waals surface area contributed by atoms with Gasteiger partial charge in [0.25, 0.3) is 5.91 Å². The fourth-order valence-corrected chi connectivity index (χ4v) is 3.40. The molecule has 1 saturated carbocycles. The summed E-state index contributed by atoms with van der Waals surface area (Å²) in [5.41, 5.74) is 2.54. The Balaban J connectivity index is 1.28. The summed E-state index contributed by atoms with van der Waals surface area (Å²) in [6.07, 6.45) is 9.76. The molecule has 26 heavy (non-hydrogen) atoms. The van der Waals surface area contributed by atoms with Crippen LogP contribution in [0.3, 0.4) is 0 Å². The highest BCUT2D eigenvalue weighted by Gasteiger charge is 2.16. The number of hydrogen-bond donors (Lipinski definition) is 1. The van der Waals surface area contributed by atoms with Crippen molar-refractivity contribution >= 4 is 11.6 Å². The molecule has 5 nitrogen and oxygen atoms in total. The van der Waals surface area contributed by atoms with Crippen molar-refractivity contribution in [1.82, 2.24) is 14.7 Å². The number of pyridine rings is 1. The van der Waals surface area contributed by atoms with Gasteiger partial charge in [-0.3, -0.25) is 4.79 Å². The second-order valence-corrected chi connectivity index (χ2v) is 6.75. The molecule has 0 bridgehead atoms. The first-order valence-corrected chi connectivity index (χ1v) is 9.25. The van der Waals surface area contributed by atoms with Crippen LogP contribution in [0.5, 0.6) is 5.75 Å². The SMILES string of the molecule is O=C(NCCc1cn2ccccc2n1)c1ccc(OC2CCCC2)cc1. The van der Waals surface area contributed by atoms with Gasteiger partial charge in [-0.1, -0.05) is 6.07 Å². The topological polar surface area (TPSA) is 55.6 Å². The van der Waals surface area contributed by atoms with Gasteiger partial charge < -0.3 is 14.5 Å². The lowest BCUT2D eigenvalue weighted by molar-refractivity contribution is 0.0954. The normalized spacial score (nSPS) is 14.6. The second-order valence-electron chi connectivity index (χ2n) is 6.75. The Morgan fingerprint density at radius 3 is 2.73 bits per heavy atom. The number of hydrogen-bond acceptors (Lipinski definition) is 3. The molecular formula is C21H23N3O2. The van der Waals surface area contributed by atoms with Gasteiger partial charge in [0.05, 0.1) is 11.8 Å². The van der Waals surface area contributed by atoms with Crippen molar-refractivity contribution in [3.8, 4) is 5.75 Å². The fraction of sp³-hybridized carbons (Fsp3) is 0.333. The number of fused-ring (bicyclic) bond motifs is 1. The smallest absolute Gasteiger partial charge is 0.251 e. The van der Waals surface area contributed by atoms with Crippen molar-refractivity contribution in [2.24, 2.45) is 0 Å². The van der Waals surface area contributed by atoms with Crippen molar-refractivity contribution < 1.29 is 9.53 Å². The van der Waals surface area contributed by atoms with Gasteiger partial charge in [0.2, 0.25) is 0 Å². The lowest BCUT2D eigenvalue weighted by Crippen LogP contribution is -2.25. The fourth-order valence-electron chi connectivity index (χ4n) is 3.40. The molecule has 0 aliphatic heterocycles. The molecule has 0 saturated heterocycles. The Morgan fingerprint density at radius 1 is 1.15 bits per heavy atom. The summed E-state index contributed by atoms with van der Waals surface area (Å²) in [5.74, 6) is 0.777. The van der Waals surface area contributed by atoms with Gasteiger partial charge >= 0.3 is 0 Å². The third-order valence-corrected chi connectivity index (χ3v) is 4.80. The van der Waals surface area contributed by atoms with E-state index >= 15 is 0 Å². The van der Waals surface area contributed by atoms with Crippen molar-refractivity contribution in [1.29, 1.82) is 0 Å². The van der Waals surface area contributed by atoms with Gasteiger partial charge in [-0.25, -0.2) is 4.98 Å². The van der Waals surface area contributed by atoms with Crippen molar-refractivity contribution in [3.63, 3.8) is 0 Å². The summed E-state index contributed by atoms with van der Waals surface area (Å²) in [4.78, 5) is 16.8. The highest BCUT2D eigenvalue weighted by atomic mass is 16.5. The van der Waals surface area contributed by atoms with Crippen LogP contribution < -0.4 is 10.1 Å². The number of nitrogens with zero attached hydrogens (tertiary/aromatic N) is 2. The van der Waals surface area contributed by atoms with E-state index in [1.165, 1.54) is 12.8 Å². The quantitative estimate of drug-likeness (QED) is 0.739. The molecule has 5 heteroatoms. The van der Waals surface area contributed by atoms with Gasteiger partial charge in [0.1, 0.15) is 11.4 Å². The van der Waals surface area contributed by atoms with E-state index in [0.29, 0.717) is 24.6 Å². The minimum Gasteiger partial charge on any atom is -0.490 e. The molecule has 1 aromatic carbocycles. The predicted octanol–water partition coefficient (Wildman–Crippen LogP) is 3.63. The number of amides is 1. The Morgan fingerprint density at radius 2 is 1.96 bits per heavy atom. The summed E-state index contributed by atoms with van der Waals surface area (Å²) >= 11 is 0. The minimum atomic E-state index is -0.0684. The molecule has 0 spiro atoms. The van der Waals surface area contributed by atoms with Gasteiger partial charge in [-0.2, -0.15) is 0 Å². The van der Waals surface area contributed by atoms with E-state index in [0.717, 1.165) is 29.9 Å². The minimum absolute atomic E-state index is 0.0684. The summed E-state index contributed by atoms with van der Waals surface area (Å²) in [5, 5.41) is 2.96. The number of imidazole rings is 1. The first-order valence-electron chi connectivity index (χ1n) is 9.25. The number of benzene rings is 1. The summed E-state index contributed by atoms with van der Waals surface area (Å²) in [6.45, 7) is 0.559. The molecule has 1 N–H and O–H groups in total. The van der Waals surface area contributed by atoms with E-state index in [2.05, 4.69) is 10.3 Å². The molecule has 0 atom stereocenters. The third kappa shape index (κ3) is 3.87. The predicted molar refractivity (Wildman–Crippen MR) is 101 cm³/mol. The van der Waals surface area contributed by atoms with E-state index < -0.39 is 0 Å². The first kappa shape index (κ1) is 16.6. The number of carbonyl (C=O) groups is 1. The van der Waals surface area contributed by atoms with Gasteiger partial charge in [0.15, 0.2) is 0 Å². The van der Waals surface area contributed by atoms with Crippen LogP contribution in [0.4, 0.5) is 0 Å². The molecule has 0 radical (unpaired) electrons. The zero-order valence-corrected chi connectivity index (χ0v) is 14.7. The van der Waals surface area contributed by atoms with Crippen LogP contribution in [0.25, 0.3) is 5.65 Å². The number of aromatic nitrogens is 2. The Hall–Kier alpha value is -2.82. The third-order valence-electron chi connectivity index (χ3n) is 4.80. The zero-order chi connectivity index (χ0) is 17.8. The van der Waals surface area contributed by atoms with Crippen LogP contribution in [-0.4, -0.2) is 27.9 Å². The van der Waals surface area contributed by atoms with Gasteiger partial charge in [-0.15, -0.1) is 0 Å². The summed E-state index contributed by atoms with van der Waals surface area (Å²) < 4.78 is 7.92. The summed E-state index contributed by atoms with van der Waals surface area (Å²) in [6, 6.07) is 13.3. The molecule has 4 rings (SSSR count). The van der Waals surface area contributed by atoms with Crippen LogP contribution in [0.15, 0.2) is 54.9 Å². The Labute approximate surface area is 153 Å². The van der Waals surface area contributed by atoms with Gasteiger partial charge in [0, 0.05) is 30.9 Å². The number of ether oxygens (including phenoxy) is 1. The molecular weight excluding hydrogens is 326 g/mol. The maximum Gasteiger partial charge on any atom is 0.251 e. The zero-order valence-electron chi connectivity index (χ0n) is 14.7. The average molecular weight is 349 g/mol. The molecule has 134 valence electrons. The lowest BCUT2D eigenvalue weighted by Gasteiger charge is -2.13. The monoisotopic (exact) mass is 349 g/mol. The molecule has 0 unspecified atom stereocenters. The van der Waals surface area contributed by atoms with Crippen LogP contribution in [0, 0.1) is 0 Å². The number of nitrogens with one attached hydrogen (secondary N) is 1. The van der Waals surface area contributed by atoms with E-state index in [1.807, 2.05) is 59.3 Å². The molecule has 2 aromatic heterocycles. The highest BCUT2D eigenvalue weighted by molar-refractivity contribution is 5.94. The van der Waals surface area contributed by atoms with E-state index in [-0.39, 0.29) is 5.91 Å². The van der Waals surface area contributed by atoms with Crippen LogP contribution >= 0.6 is 0 Å². The Bertz CT molecular complexity index is 847. The van der Waals surface area contributed by atoms with Crippen LogP contribution in [0.2, 0.25) is 0 Å². The average Bonchev–Trinajstić information content (AvgIpc) is 3.31. The molecule has 1 aliphatic rings. The molecule has 1 fully saturated rings. The largest absolute Gasteiger partial charge is 0.490 e. The Kier molecular flexibility index (Phi) is 4.86. The molecule has 1 amide bonds. The molecule has 2 heterocycles. The highest BCUT2D eigenvalue weighted by Crippen LogP contribution is 2.24. The lowest BCUT2D eigenvalue weighted by atomic mass is 10.2. The number of carbonyl (C=O) groups excluding carboxylic acids is 1. The molecule has 1 aliphatic carbocycles. The van der Waals surface area contributed by atoms with E-state index in [1.54, 1.807) is 0 Å². The van der Waals surface area contributed by atoms with E-state index in [9.17, 15) is 4.79 Å². The number of rotatable bonds is 6. The standard InChI is InChI=1S/C21H23N3O2/c25-21(16-8-10-19(11-9-16)26-18-5-1-2-6-18)22-13-12-17-15-24-14-4-3-7-20(24)23-17/h3-4,7-11,14-15,18H,1-2,5-6,12-13H2,(H,22,25). The maximum atomic E-state index is 12.3. The van der Waals surface area contributed by atoms with Crippen molar-refractivity contribution in [2.45, 2.75) is 38.2 Å². The van der Waals surface area contributed by atoms with Gasteiger partial charge in [-0.05, 0) is 62.1 Å². The van der Waals surface area contributed by atoms with E-state index in [4.69, 9.17) is 4.74 Å².